The van der Waals surface area contributed by atoms with E-state index in [-0.39, 0.29) is 6.10 Å². The first-order valence-electron chi connectivity index (χ1n) is 7.73. The van der Waals surface area contributed by atoms with Crippen LogP contribution in [0.2, 0.25) is 0 Å². The molecule has 3 heteroatoms. The molecule has 1 aliphatic heterocycles. The van der Waals surface area contributed by atoms with Gasteiger partial charge in [0.05, 0.1) is 6.10 Å². The zero-order chi connectivity index (χ0) is 14.4. The molecule has 1 aliphatic rings. The second-order valence-electron chi connectivity index (χ2n) is 5.92. The predicted molar refractivity (Wildman–Crippen MR) is 82.2 cm³/mol. The van der Waals surface area contributed by atoms with E-state index in [9.17, 15) is 0 Å². The topological polar surface area (TPSA) is 30.5 Å². The molecule has 0 aromatic heterocycles. The van der Waals surface area contributed by atoms with Crippen molar-refractivity contribution >= 4 is 0 Å². The van der Waals surface area contributed by atoms with Gasteiger partial charge in [0.15, 0.2) is 0 Å². The Morgan fingerprint density at radius 1 is 1.25 bits per heavy atom. The molecule has 0 saturated carbocycles. The molecule has 20 heavy (non-hydrogen) atoms. The lowest BCUT2D eigenvalue weighted by Crippen LogP contribution is -2.29. The maximum Gasteiger partial charge on any atom is 0.120 e. The lowest BCUT2D eigenvalue weighted by atomic mass is 9.99. The standard InChI is InChI=1S/C17H27NO2/c1-13(2)20-17-6-4-5-16(11-17)14(3)18-12-15-7-9-19-10-8-15/h4-6,11,13-15,18H,7-10,12H2,1-3H3. The molecule has 1 atom stereocenters. The van der Waals surface area contributed by atoms with Gasteiger partial charge in [-0.05, 0) is 63.8 Å². The van der Waals surface area contributed by atoms with E-state index in [1.165, 1.54) is 18.4 Å². The van der Waals surface area contributed by atoms with E-state index in [0.717, 1.165) is 31.4 Å². The summed E-state index contributed by atoms with van der Waals surface area (Å²) in [5.74, 6) is 1.71. The van der Waals surface area contributed by atoms with Gasteiger partial charge in [-0.2, -0.15) is 0 Å². The molecule has 1 heterocycles. The molecule has 1 fully saturated rings. The number of rotatable bonds is 6. The van der Waals surface area contributed by atoms with Crippen molar-refractivity contribution in [2.24, 2.45) is 5.92 Å². The highest BCUT2D eigenvalue weighted by molar-refractivity contribution is 5.30. The van der Waals surface area contributed by atoms with Crippen LogP contribution in [0.15, 0.2) is 24.3 Å². The van der Waals surface area contributed by atoms with Crippen molar-refractivity contribution in [1.29, 1.82) is 0 Å². The molecule has 0 spiro atoms. The fourth-order valence-corrected chi connectivity index (χ4v) is 2.54. The average molecular weight is 277 g/mol. The highest BCUT2D eigenvalue weighted by atomic mass is 16.5. The van der Waals surface area contributed by atoms with E-state index in [2.05, 4.69) is 44.3 Å². The molecule has 3 nitrogen and oxygen atoms in total. The van der Waals surface area contributed by atoms with Crippen LogP contribution in [0.3, 0.4) is 0 Å². The molecule has 0 aliphatic carbocycles. The van der Waals surface area contributed by atoms with Gasteiger partial charge in [-0.25, -0.2) is 0 Å². The van der Waals surface area contributed by atoms with Gasteiger partial charge in [-0.3, -0.25) is 0 Å². The van der Waals surface area contributed by atoms with Gasteiger partial charge in [0, 0.05) is 19.3 Å². The smallest absolute Gasteiger partial charge is 0.120 e. The fourth-order valence-electron chi connectivity index (χ4n) is 2.54. The largest absolute Gasteiger partial charge is 0.491 e. The third-order valence-corrected chi connectivity index (χ3v) is 3.78. The van der Waals surface area contributed by atoms with E-state index in [0.29, 0.717) is 6.04 Å². The predicted octanol–water partition coefficient (Wildman–Crippen LogP) is 3.55. The number of hydrogen-bond donors (Lipinski definition) is 1. The summed E-state index contributed by atoms with van der Waals surface area (Å²) in [5.41, 5.74) is 1.29. The van der Waals surface area contributed by atoms with Gasteiger partial charge in [-0.15, -0.1) is 0 Å². The monoisotopic (exact) mass is 277 g/mol. The summed E-state index contributed by atoms with van der Waals surface area (Å²) in [6.07, 6.45) is 2.57. The maximum atomic E-state index is 5.76. The Labute approximate surface area is 122 Å². The summed E-state index contributed by atoms with van der Waals surface area (Å²) in [6, 6.07) is 8.75. The number of benzene rings is 1. The Balaban J connectivity index is 1.86. The number of hydrogen-bond acceptors (Lipinski definition) is 3. The fraction of sp³-hybridized carbons (Fsp3) is 0.647. The molecule has 1 aromatic carbocycles. The molecule has 0 radical (unpaired) electrons. The minimum Gasteiger partial charge on any atom is -0.491 e. The normalized spacial score (nSPS) is 18.2. The van der Waals surface area contributed by atoms with Crippen LogP contribution in [0, 0.1) is 5.92 Å². The quantitative estimate of drug-likeness (QED) is 0.862. The van der Waals surface area contributed by atoms with Crippen LogP contribution in [-0.4, -0.2) is 25.9 Å². The van der Waals surface area contributed by atoms with Crippen molar-refractivity contribution in [2.45, 2.75) is 45.8 Å². The Morgan fingerprint density at radius 3 is 2.70 bits per heavy atom. The van der Waals surface area contributed by atoms with Crippen LogP contribution in [0.4, 0.5) is 0 Å². The van der Waals surface area contributed by atoms with Crippen LogP contribution in [0.25, 0.3) is 0 Å². The molecule has 1 aromatic rings. The molecule has 0 bridgehead atoms. The van der Waals surface area contributed by atoms with Gasteiger partial charge in [0.1, 0.15) is 5.75 Å². The van der Waals surface area contributed by atoms with Crippen molar-refractivity contribution in [1.82, 2.24) is 5.32 Å². The van der Waals surface area contributed by atoms with Crippen molar-refractivity contribution < 1.29 is 9.47 Å². The van der Waals surface area contributed by atoms with E-state index in [1.807, 2.05) is 6.07 Å². The SMILES string of the molecule is CC(C)Oc1cccc(C(C)NCC2CCOCC2)c1. The molecular weight excluding hydrogens is 250 g/mol. The van der Waals surface area contributed by atoms with Crippen LogP contribution >= 0.6 is 0 Å². The summed E-state index contributed by atoms with van der Waals surface area (Å²) in [7, 11) is 0. The highest BCUT2D eigenvalue weighted by Gasteiger charge is 2.15. The summed E-state index contributed by atoms with van der Waals surface area (Å²) >= 11 is 0. The van der Waals surface area contributed by atoms with Gasteiger partial charge in [0.2, 0.25) is 0 Å². The van der Waals surface area contributed by atoms with Crippen molar-refractivity contribution in [3.05, 3.63) is 29.8 Å². The lowest BCUT2D eigenvalue weighted by Gasteiger charge is -2.24. The van der Waals surface area contributed by atoms with Crippen LogP contribution in [0.5, 0.6) is 5.75 Å². The first-order valence-corrected chi connectivity index (χ1v) is 7.73. The molecule has 1 N–H and O–H groups in total. The summed E-state index contributed by atoms with van der Waals surface area (Å²) < 4.78 is 11.2. The van der Waals surface area contributed by atoms with E-state index in [1.54, 1.807) is 0 Å². The summed E-state index contributed by atoms with van der Waals surface area (Å²) in [6.45, 7) is 9.23. The zero-order valence-electron chi connectivity index (χ0n) is 12.9. The van der Waals surface area contributed by atoms with Gasteiger partial charge in [-0.1, -0.05) is 12.1 Å². The molecule has 1 saturated heterocycles. The highest BCUT2D eigenvalue weighted by Crippen LogP contribution is 2.21. The van der Waals surface area contributed by atoms with Crippen molar-refractivity contribution in [3.8, 4) is 5.75 Å². The zero-order valence-corrected chi connectivity index (χ0v) is 12.9. The molecule has 1 unspecified atom stereocenters. The molecule has 0 amide bonds. The molecule has 2 rings (SSSR count). The van der Waals surface area contributed by atoms with Gasteiger partial charge >= 0.3 is 0 Å². The van der Waals surface area contributed by atoms with E-state index >= 15 is 0 Å². The van der Waals surface area contributed by atoms with E-state index in [4.69, 9.17) is 9.47 Å². The Bertz CT molecular complexity index is 400. The molecule has 112 valence electrons. The second-order valence-corrected chi connectivity index (χ2v) is 5.92. The first-order chi connectivity index (χ1) is 9.65. The molecular formula is C17H27NO2. The lowest BCUT2D eigenvalue weighted by molar-refractivity contribution is 0.0656. The Morgan fingerprint density at radius 2 is 2.00 bits per heavy atom. The summed E-state index contributed by atoms with van der Waals surface area (Å²) in [5, 5.41) is 3.64. The minimum atomic E-state index is 0.218. The summed E-state index contributed by atoms with van der Waals surface area (Å²) in [4.78, 5) is 0. The van der Waals surface area contributed by atoms with Crippen LogP contribution in [0.1, 0.15) is 45.2 Å². The minimum absolute atomic E-state index is 0.218. The Hall–Kier alpha value is -1.06. The third-order valence-electron chi connectivity index (χ3n) is 3.78. The average Bonchev–Trinajstić information content (AvgIpc) is 2.45. The van der Waals surface area contributed by atoms with Crippen molar-refractivity contribution in [3.63, 3.8) is 0 Å². The van der Waals surface area contributed by atoms with Gasteiger partial charge < -0.3 is 14.8 Å². The number of ether oxygens (including phenoxy) is 2. The van der Waals surface area contributed by atoms with Crippen molar-refractivity contribution in [2.75, 3.05) is 19.8 Å². The van der Waals surface area contributed by atoms with E-state index < -0.39 is 0 Å². The maximum absolute atomic E-state index is 5.76. The Kier molecular flexibility index (Phi) is 5.86. The van der Waals surface area contributed by atoms with Crippen LogP contribution < -0.4 is 10.1 Å². The third kappa shape index (κ3) is 4.80. The van der Waals surface area contributed by atoms with Gasteiger partial charge in [0.25, 0.3) is 0 Å². The first kappa shape index (κ1) is 15.3. The van der Waals surface area contributed by atoms with Crippen LogP contribution in [-0.2, 0) is 4.74 Å². The number of nitrogens with one attached hydrogen (secondary N) is 1. The second kappa shape index (κ2) is 7.65.